The fourth-order valence-electron chi connectivity index (χ4n) is 5.53. The lowest BCUT2D eigenvalue weighted by Gasteiger charge is -2.31. The summed E-state index contributed by atoms with van der Waals surface area (Å²) in [5.41, 5.74) is 4.83. The van der Waals surface area contributed by atoms with Crippen LogP contribution in [0.2, 0.25) is 5.02 Å². The zero-order chi connectivity index (χ0) is 25.6. The van der Waals surface area contributed by atoms with Crippen LogP contribution in [0.5, 0.6) is 0 Å². The van der Waals surface area contributed by atoms with E-state index in [0.717, 1.165) is 24.5 Å². The van der Waals surface area contributed by atoms with E-state index in [1.54, 1.807) is 0 Å². The van der Waals surface area contributed by atoms with Crippen molar-refractivity contribution in [2.24, 2.45) is 0 Å². The molecule has 0 saturated carbocycles. The Hall–Kier alpha value is -3.40. The number of carbonyl (C=O) groups is 1. The Morgan fingerprint density at radius 3 is 1.81 bits per heavy atom. The number of hydrogen-bond acceptors (Lipinski definition) is 2. The van der Waals surface area contributed by atoms with Crippen LogP contribution in [-0.2, 0) is 4.79 Å². The SMILES string of the molecule is CN(C(=O)CC(c1ccccc1)c1ccccc1)[C@H]1CCN(C(c2ccccc2)c2ccc(Cl)cc2)C1. The second-order valence-corrected chi connectivity index (χ2v) is 10.3. The third kappa shape index (κ3) is 5.95. The van der Waals surface area contributed by atoms with Gasteiger partial charge >= 0.3 is 0 Å². The van der Waals surface area contributed by atoms with E-state index in [1.165, 1.54) is 22.3 Å². The summed E-state index contributed by atoms with van der Waals surface area (Å²) in [7, 11) is 1.98. The van der Waals surface area contributed by atoms with E-state index in [0.29, 0.717) is 6.42 Å². The van der Waals surface area contributed by atoms with Gasteiger partial charge in [-0.15, -0.1) is 0 Å². The van der Waals surface area contributed by atoms with Gasteiger partial charge in [-0.05, 0) is 40.8 Å². The van der Waals surface area contributed by atoms with Crippen LogP contribution in [0.3, 0.4) is 0 Å². The average Bonchev–Trinajstić information content (AvgIpc) is 3.43. The third-order valence-corrected chi connectivity index (χ3v) is 7.84. The Morgan fingerprint density at radius 1 is 0.784 bits per heavy atom. The lowest BCUT2D eigenvalue weighted by atomic mass is 9.88. The molecule has 1 saturated heterocycles. The Kier molecular flexibility index (Phi) is 8.03. The Labute approximate surface area is 225 Å². The molecule has 0 bridgehead atoms. The lowest BCUT2D eigenvalue weighted by Crippen LogP contribution is -2.40. The van der Waals surface area contributed by atoms with E-state index < -0.39 is 0 Å². The molecular weight excluding hydrogens is 476 g/mol. The Balaban J connectivity index is 1.33. The van der Waals surface area contributed by atoms with Crippen molar-refractivity contribution < 1.29 is 4.79 Å². The number of likely N-dealkylation sites (N-methyl/N-ethyl adjacent to an activating group) is 1. The van der Waals surface area contributed by atoms with Gasteiger partial charge in [0.05, 0.1) is 6.04 Å². The van der Waals surface area contributed by atoms with Gasteiger partial charge in [0.1, 0.15) is 0 Å². The first-order valence-electron chi connectivity index (χ1n) is 13.0. The van der Waals surface area contributed by atoms with Gasteiger partial charge in [-0.3, -0.25) is 9.69 Å². The van der Waals surface area contributed by atoms with Crippen LogP contribution >= 0.6 is 11.6 Å². The molecule has 0 spiro atoms. The van der Waals surface area contributed by atoms with Crippen LogP contribution in [0, 0.1) is 0 Å². The first kappa shape index (κ1) is 25.3. The second kappa shape index (κ2) is 11.8. The molecule has 188 valence electrons. The molecule has 1 fully saturated rings. The van der Waals surface area contributed by atoms with Gasteiger partial charge < -0.3 is 4.90 Å². The molecule has 5 rings (SSSR count). The highest BCUT2D eigenvalue weighted by molar-refractivity contribution is 6.30. The molecule has 2 atom stereocenters. The predicted octanol–water partition coefficient (Wildman–Crippen LogP) is 7.18. The predicted molar refractivity (Wildman–Crippen MR) is 152 cm³/mol. The van der Waals surface area contributed by atoms with E-state index in [9.17, 15) is 4.79 Å². The zero-order valence-electron chi connectivity index (χ0n) is 21.2. The fraction of sp³-hybridized carbons (Fsp3) is 0.242. The summed E-state index contributed by atoms with van der Waals surface area (Å²) in [4.78, 5) is 18.1. The minimum atomic E-state index is 0.0426. The standard InChI is InChI=1S/C33H33ClN2O/c1-35(32(37)23-31(25-11-5-2-6-12-25)26-13-7-3-8-14-26)30-21-22-36(24-30)33(27-15-9-4-10-16-27)28-17-19-29(34)20-18-28/h2-20,30-31,33H,21-24H2,1H3/t30-,33?/m0/s1. The summed E-state index contributed by atoms with van der Waals surface area (Å²) in [6.45, 7) is 1.77. The minimum Gasteiger partial charge on any atom is -0.341 e. The van der Waals surface area contributed by atoms with Gasteiger partial charge in [0.25, 0.3) is 0 Å². The van der Waals surface area contributed by atoms with Crippen LogP contribution in [0.25, 0.3) is 0 Å². The van der Waals surface area contributed by atoms with Crippen LogP contribution in [0.4, 0.5) is 0 Å². The van der Waals surface area contributed by atoms with Gasteiger partial charge in [0.2, 0.25) is 5.91 Å². The molecule has 4 aromatic carbocycles. The van der Waals surface area contributed by atoms with E-state index in [-0.39, 0.29) is 23.9 Å². The summed E-state index contributed by atoms with van der Waals surface area (Å²) in [5, 5.41) is 0.742. The topological polar surface area (TPSA) is 23.6 Å². The van der Waals surface area contributed by atoms with Gasteiger partial charge in [0, 0.05) is 43.5 Å². The molecule has 0 aromatic heterocycles. The maximum atomic E-state index is 13.6. The van der Waals surface area contributed by atoms with Gasteiger partial charge in [-0.2, -0.15) is 0 Å². The van der Waals surface area contributed by atoms with Gasteiger partial charge in [-0.25, -0.2) is 0 Å². The summed E-state index contributed by atoms with van der Waals surface area (Å²) >= 11 is 6.19. The molecule has 0 radical (unpaired) electrons. The van der Waals surface area contributed by atoms with Crippen LogP contribution in [0.1, 0.15) is 47.1 Å². The van der Waals surface area contributed by atoms with Crippen molar-refractivity contribution in [2.75, 3.05) is 20.1 Å². The van der Waals surface area contributed by atoms with Crippen LogP contribution in [0.15, 0.2) is 115 Å². The van der Waals surface area contributed by atoms with Crippen molar-refractivity contribution in [1.29, 1.82) is 0 Å². The number of amides is 1. The van der Waals surface area contributed by atoms with Crippen molar-refractivity contribution in [3.05, 3.63) is 143 Å². The number of rotatable bonds is 8. The highest BCUT2D eigenvalue weighted by Crippen LogP contribution is 2.34. The van der Waals surface area contributed by atoms with Crippen molar-refractivity contribution >= 4 is 17.5 Å². The number of nitrogens with zero attached hydrogens (tertiary/aromatic N) is 2. The molecule has 1 aliphatic heterocycles. The molecule has 4 heteroatoms. The summed E-state index contributed by atoms with van der Waals surface area (Å²) in [6.07, 6.45) is 1.42. The molecule has 4 aromatic rings. The first-order chi connectivity index (χ1) is 18.1. The van der Waals surface area contributed by atoms with E-state index in [4.69, 9.17) is 11.6 Å². The van der Waals surface area contributed by atoms with Crippen molar-refractivity contribution in [3.8, 4) is 0 Å². The molecule has 0 aliphatic carbocycles. The number of likely N-dealkylation sites (tertiary alicyclic amines) is 1. The molecule has 37 heavy (non-hydrogen) atoms. The Bertz CT molecular complexity index is 1240. The zero-order valence-corrected chi connectivity index (χ0v) is 22.0. The quantitative estimate of drug-likeness (QED) is 0.251. The summed E-state index contributed by atoms with van der Waals surface area (Å²) < 4.78 is 0. The van der Waals surface area contributed by atoms with E-state index >= 15 is 0 Å². The molecule has 1 unspecified atom stereocenters. The van der Waals surface area contributed by atoms with Crippen LogP contribution in [-0.4, -0.2) is 41.9 Å². The highest BCUT2D eigenvalue weighted by atomic mass is 35.5. The smallest absolute Gasteiger partial charge is 0.223 e. The van der Waals surface area contributed by atoms with Gasteiger partial charge in [0.15, 0.2) is 0 Å². The monoisotopic (exact) mass is 508 g/mol. The molecule has 3 nitrogen and oxygen atoms in total. The lowest BCUT2D eigenvalue weighted by molar-refractivity contribution is -0.132. The third-order valence-electron chi connectivity index (χ3n) is 7.58. The number of benzene rings is 4. The van der Waals surface area contributed by atoms with Crippen LogP contribution < -0.4 is 0 Å². The maximum absolute atomic E-state index is 13.6. The van der Waals surface area contributed by atoms with Crippen molar-refractivity contribution in [2.45, 2.75) is 30.8 Å². The number of hydrogen-bond donors (Lipinski definition) is 0. The van der Waals surface area contributed by atoms with E-state index in [1.807, 2.05) is 36.2 Å². The van der Waals surface area contributed by atoms with Gasteiger partial charge in [-0.1, -0.05) is 115 Å². The average molecular weight is 509 g/mol. The van der Waals surface area contributed by atoms with Crippen molar-refractivity contribution in [1.82, 2.24) is 9.80 Å². The van der Waals surface area contributed by atoms with E-state index in [2.05, 4.69) is 95.9 Å². The normalized spacial score (nSPS) is 16.6. The Morgan fingerprint density at radius 2 is 1.27 bits per heavy atom. The number of halogens is 1. The number of carbonyl (C=O) groups excluding carboxylic acids is 1. The minimum absolute atomic E-state index is 0.0426. The molecular formula is C33H33ClN2O. The molecule has 1 heterocycles. The summed E-state index contributed by atoms with van der Waals surface area (Å²) in [5.74, 6) is 0.230. The largest absolute Gasteiger partial charge is 0.341 e. The first-order valence-corrected chi connectivity index (χ1v) is 13.4. The summed E-state index contributed by atoms with van der Waals surface area (Å²) in [6, 6.07) is 39.8. The fourth-order valence-corrected chi connectivity index (χ4v) is 5.66. The molecule has 0 N–H and O–H groups in total. The maximum Gasteiger partial charge on any atom is 0.223 e. The second-order valence-electron chi connectivity index (χ2n) is 9.88. The molecule has 1 aliphatic rings. The van der Waals surface area contributed by atoms with Crippen molar-refractivity contribution in [3.63, 3.8) is 0 Å². The molecule has 1 amide bonds. The highest BCUT2D eigenvalue weighted by Gasteiger charge is 2.34.